The molecule has 1 N–H and O–H groups in total. The first-order valence-electron chi connectivity index (χ1n) is 9.20. The first-order valence-corrected chi connectivity index (χ1v) is 9.20. The van der Waals surface area contributed by atoms with Crippen molar-refractivity contribution in [2.45, 2.75) is 0 Å². The van der Waals surface area contributed by atoms with Crippen LogP contribution in [0.4, 0.5) is 5.69 Å². The zero-order valence-corrected chi connectivity index (χ0v) is 15.4. The first-order chi connectivity index (χ1) is 14.3. The highest BCUT2D eigenvalue weighted by Gasteiger charge is 2.08. The van der Waals surface area contributed by atoms with Gasteiger partial charge in [0.15, 0.2) is 0 Å². The van der Waals surface area contributed by atoms with Gasteiger partial charge in [0, 0.05) is 35.0 Å². The van der Waals surface area contributed by atoms with Crippen molar-refractivity contribution in [3.05, 3.63) is 103 Å². The predicted molar refractivity (Wildman–Crippen MR) is 113 cm³/mol. The molecule has 0 atom stereocenters. The van der Waals surface area contributed by atoms with Gasteiger partial charge in [-0.1, -0.05) is 12.1 Å². The van der Waals surface area contributed by atoms with Crippen molar-refractivity contribution in [3.63, 3.8) is 0 Å². The first kappa shape index (κ1) is 16.9. The number of anilines is 1. The monoisotopic (exact) mass is 379 g/mol. The number of amides is 1. The maximum absolute atomic E-state index is 12.6. The molecule has 6 heteroatoms. The van der Waals surface area contributed by atoms with Crippen LogP contribution in [0.25, 0.3) is 22.4 Å². The number of nitrogens with one attached hydrogen (secondary N) is 1. The lowest BCUT2D eigenvalue weighted by molar-refractivity contribution is 0.102. The van der Waals surface area contributed by atoms with Gasteiger partial charge >= 0.3 is 0 Å². The summed E-state index contributed by atoms with van der Waals surface area (Å²) in [6.07, 6.45) is 7.11. The molecule has 1 amide bonds. The summed E-state index contributed by atoms with van der Waals surface area (Å²) in [6.45, 7) is 0. The number of carbonyl (C=O) groups is 1. The second-order valence-electron chi connectivity index (χ2n) is 6.62. The Balaban J connectivity index is 1.32. The fourth-order valence-electron chi connectivity index (χ4n) is 3.27. The summed E-state index contributed by atoms with van der Waals surface area (Å²) in [7, 11) is 0. The van der Waals surface area contributed by atoms with E-state index in [4.69, 9.17) is 0 Å². The molecule has 2 aromatic heterocycles. The number of hydrogen-bond donors (Lipinski definition) is 1. The quantitative estimate of drug-likeness (QED) is 0.501. The molecule has 5 rings (SSSR count). The van der Waals surface area contributed by atoms with Crippen LogP contribution >= 0.6 is 0 Å². The Morgan fingerprint density at radius 2 is 1.59 bits per heavy atom. The Bertz CT molecular complexity index is 1270. The van der Waals surface area contributed by atoms with E-state index in [1.165, 1.54) is 0 Å². The molecule has 2 heterocycles. The summed E-state index contributed by atoms with van der Waals surface area (Å²) in [4.78, 5) is 21.0. The predicted octanol–water partition coefficient (Wildman–Crippen LogP) is 4.46. The number of fused-ring (bicyclic) bond motifs is 1. The van der Waals surface area contributed by atoms with Crippen LogP contribution in [0.3, 0.4) is 0 Å². The normalized spacial score (nSPS) is 10.9. The van der Waals surface area contributed by atoms with E-state index in [1.54, 1.807) is 31.0 Å². The van der Waals surface area contributed by atoms with Crippen LogP contribution in [0.2, 0.25) is 0 Å². The van der Waals surface area contributed by atoms with Crippen LogP contribution in [0, 0.1) is 0 Å². The van der Waals surface area contributed by atoms with Crippen LogP contribution in [-0.4, -0.2) is 25.0 Å². The van der Waals surface area contributed by atoms with Gasteiger partial charge in [0.05, 0.1) is 17.4 Å². The molecule has 0 aliphatic heterocycles. The van der Waals surface area contributed by atoms with Gasteiger partial charge in [-0.25, -0.2) is 9.97 Å². The highest BCUT2D eigenvalue weighted by Crippen LogP contribution is 2.20. The highest BCUT2D eigenvalue weighted by molar-refractivity contribution is 6.04. The maximum atomic E-state index is 12.6. The molecular formula is C23H17N5O. The number of carbonyl (C=O) groups excluding carboxylic acids is 1. The average Bonchev–Trinajstić information content (AvgIpc) is 3.45. The fraction of sp³-hybridized carbons (Fsp3) is 0. The molecule has 0 saturated carbocycles. The third kappa shape index (κ3) is 3.27. The lowest BCUT2D eigenvalue weighted by Gasteiger charge is -2.09. The number of nitrogens with zero attached hydrogens (tertiary/aromatic N) is 4. The molecule has 0 bridgehead atoms. The molecule has 0 saturated heterocycles. The molecular weight excluding hydrogens is 362 g/mol. The van der Waals surface area contributed by atoms with Crippen LogP contribution in [0.1, 0.15) is 10.4 Å². The van der Waals surface area contributed by atoms with E-state index in [1.807, 2.05) is 76.0 Å². The van der Waals surface area contributed by atoms with Gasteiger partial charge in [0.25, 0.3) is 5.91 Å². The van der Waals surface area contributed by atoms with E-state index >= 15 is 0 Å². The molecule has 0 unspecified atom stereocenters. The molecule has 0 aliphatic carbocycles. The minimum absolute atomic E-state index is 0.150. The number of imidazole rings is 2. The number of hydrogen-bond acceptors (Lipinski definition) is 3. The third-order valence-electron chi connectivity index (χ3n) is 4.79. The Kier molecular flexibility index (Phi) is 4.14. The lowest BCUT2D eigenvalue weighted by atomic mass is 10.2. The molecule has 29 heavy (non-hydrogen) atoms. The summed E-state index contributed by atoms with van der Waals surface area (Å²) < 4.78 is 3.91. The molecule has 3 aromatic carbocycles. The van der Waals surface area contributed by atoms with E-state index in [9.17, 15) is 4.79 Å². The smallest absolute Gasteiger partial charge is 0.255 e. The van der Waals surface area contributed by atoms with E-state index in [-0.39, 0.29) is 5.91 Å². The van der Waals surface area contributed by atoms with Gasteiger partial charge in [-0.2, -0.15) is 0 Å². The van der Waals surface area contributed by atoms with E-state index < -0.39 is 0 Å². The number of para-hydroxylation sites is 2. The summed E-state index contributed by atoms with van der Waals surface area (Å²) in [5, 5.41) is 2.94. The summed E-state index contributed by atoms with van der Waals surface area (Å²) in [6, 6.07) is 23.1. The van der Waals surface area contributed by atoms with Crippen molar-refractivity contribution in [1.82, 2.24) is 19.1 Å². The topological polar surface area (TPSA) is 64.7 Å². The molecule has 0 radical (unpaired) electrons. The van der Waals surface area contributed by atoms with Crippen LogP contribution in [0.5, 0.6) is 0 Å². The van der Waals surface area contributed by atoms with Crippen molar-refractivity contribution in [2.75, 3.05) is 5.32 Å². The summed E-state index contributed by atoms with van der Waals surface area (Å²) in [5.74, 6) is -0.150. The standard InChI is InChI=1S/C23H17N5O/c29-23(17-5-9-19(10-6-17)27-14-13-24-15-27)26-18-7-11-20(12-8-18)28-16-25-21-3-1-2-4-22(21)28/h1-16H,(H,26,29). The summed E-state index contributed by atoms with van der Waals surface area (Å²) in [5.41, 5.74) is 5.27. The SMILES string of the molecule is O=C(Nc1ccc(-n2cnc3ccccc32)cc1)c1ccc(-n2ccnc2)cc1. The average molecular weight is 379 g/mol. The van der Waals surface area contributed by atoms with Crippen molar-refractivity contribution < 1.29 is 4.79 Å². The Hall–Kier alpha value is -4.19. The molecule has 6 nitrogen and oxygen atoms in total. The largest absolute Gasteiger partial charge is 0.322 e. The van der Waals surface area contributed by atoms with E-state index in [0.29, 0.717) is 5.56 Å². The van der Waals surface area contributed by atoms with Gasteiger partial charge < -0.3 is 9.88 Å². The zero-order chi connectivity index (χ0) is 19.6. The molecule has 140 valence electrons. The van der Waals surface area contributed by atoms with Crippen molar-refractivity contribution in [3.8, 4) is 11.4 Å². The van der Waals surface area contributed by atoms with Gasteiger partial charge in [0.2, 0.25) is 0 Å². The van der Waals surface area contributed by atoms with Crippen molar-refractivity contribution >= 4 is 22.6 Å². The molecule has 0 aliphatic rings. The Labute approximate surface area is 167 Å². The minimum Gasteiger partial charge on any atom is -0.322 e. The lowest BCUT2D eigenvalue weighted by Crippen LogP contribution is -2.11. The number of benzene rings is 3. The van der Waals surface area contributed by atoms with Gasteiger partial charge in [-0.15, -0.1) is 0 Å². The van der Waals surface area contributed by atoms with Crippen LogP contribution in [-0.2, 0) is 0 Å². The van der Waals surface area contributed by atoms with Crippen molar-refractivity contribution in [2.24, 2.45) is 0 Å². The van der Waals surface area contributed by atoms with Gasteiger partial charge in [-0.3, -0.25) is 9.36 Å². The third-order valence-corrected chi connectivity index (χ3v) is 4.79. The second kappa shape index (κ2) is 7.09. The van der Waals surface area contributed by atoms with Crippen LogP contribution in [0.15, 0.2) is 97.8 Å². The molecule has 5 aromatic rings. The summed E-state index contributed by atoms with van der Waals surface area (Å²) >= 11 is 0. The highest BCUT2D eigenvalue weighted by atomic mass is 16.1. The minimum atomic E-state index is -0.150. The van der Waals surface area contributed by atoms with Gasteiger partial charge in [-0.05, 0) is 60.7 Å². The molecule has 0 spiro atoms. The number of rotatable bonds is 4. The second-order valence-corrected chi connectivity index (χ2v) is 6.62. The number of aromatic nitrogens is 4. The zero-order valence-electron chi connectivity index (χ0n) is 15.4. The van der Waals surface area contributed by atoms with Gasteiger partial charge in [0.1, 0.15) is 6.33 Å². The Morgan fingerprint density at radius 1 is 0.828 bits per heavy atom. The van der Waals surface area contributed by atoms with Crippen LogP contribution < -0.4 is 5.32 Å². The maximum Gasteiger partial charge on any atom is 0.255 e. The van der Waals surface area contributed by atoms with E-state index in [0.717, 1.165) is 28.1 Å². The van der Waals surface area contributed by atoms with E-state index in [2.05, 4.69) is 15.3 Å². The molecule has 0 fully saturated rings. The fourth-order valence-corrected chi connectivity index (χ4v) is 3.27. The van der Waals surface area contributed by atoms with Crippen molar-refractivity contribution in [1.29, 1.82) is 0 Å². The Morgan fingerprint density at radius 3 is 2.34 bits per heavy atom.